The highest BCUT2D eigenvalue weighted by Gasteiger charge is 2.27. The first-order valence-electron chi connectivity index (χ1n) is 8.89. The topological polar surface area (TPSA) is 65.8 Å². The van der Waals surface area contributed by atoms with Crippen LogP contribution in [0.1, 0.15) is 28.0 Å². The number of aryl methyl sites for hydroxylation is 2. The van der Waals surface area contributed by atoms with E-state index in [1.807, 2.05) is 18.2 Å². The Kier molecular flexibility index (Phi) is 5.84. The summed E-state index contributed by atoms with van der Waals surface area (Å²) in [6.45, 7) is 2.82. The Bertz CT molecular complexity index is 911. The largest absolute Gasteiger partial charge is 0.496 e. The molecule has 1 aliphatic rings. The van der Waals surface area contributed by atoms with E-state index in [0.29, 0.717) is 53.2 Å². The Balaban J connectivity index is 1.89. The van der Waals surface area contributed by atoms with E-state index >= 15 is 0 Å². The van der Waals surface area contributed by atoms with Crippen molar-refractivity contribution >= 4 is 23.1 Å². The number of carbonyl (C=O) groups is 1. The minimum atomic E-state index is -0.112. The maximum absolute atomic E-state index is 12.9. The summed E-state index contributed by atoms with van der Waals surface area (Å²) in [6.07, 6.45) is 2.69. The van der Waals surface area contributed by atoms with Crippen molar-refractivity contribution in [2.75, 3.05) is 34.4 Å². The number of nitrogens with zero attached hydrogens (tertiary/aromatic N) is 3. The molecule has 0 saturated carbocycles. The Morgan fingerprint density at radius 3 is 2.21 bits per heavy atom. The minimum Gasteiger partial charge on any atom is -0.496 e. The molecule has 1 aromatic carbocycles. The predicted octanol–water partition coefficient (Wildman–Crippen LogP) is 3.34. The number of halogens is 1. The second-order valence-corrected chi connectivity index (χ2v) is 6.87. The SMILES string of the molecule is COc1cc(OC)c(C2=CCN(C(=O)c3c(C)nn(C)c3Cl)CC2)c(OC)c1. The second-order valence-electron chi connectivity index (χ2n) is 6.51. The number of amides is 1. The van der Waals surface area contributed by atoms with E-state index in [4.69, 9.17) is 25.8 Å². The Morgan fingerprint density at radius 1 is 1.14 bits per heavy atom. The maximum Gasteiger partial charge on any atom is 0.259 e. The van der Waals surface area contributed by atoms with Crippen molar-refractivity contribution in [3.63, 3.8) is 0 Å². The van der Waals surface area contributed by atoms with Gasteiger partial charge in [0.05, 0.1) is 38.2 Å². The number of aromatic nitrogens is 2. The van der Waals surface area contributed by atoms with Crippen molar-refractivity contribution in [1.82, 2.24) is 14.7 Å². The third-order valence-electron chi connectivity index (χ3n) is 4.90. The molecule has 0 radical (unpaired) electrons. The molecule has 0 unspecified atom stereocenters. The molecule has 0 saturated heterocycles. The van der Waals surface area contributed by atoms with Crippen molar-refractivity contribution in [3.05, 3.63) is 40.2 Å². The molecule has 1 aliphatic heterocycles. The molecule has 2 aromatic rings. The van der Waals surface area contributed by atoms with Crippen LogP contribution >= 0.6 is 11.6 Å². The molecule has 7 nitrogen and oxygen atoms in total. The molecule has 1 aromatic heterocycles. The lowest BCUT2D eigenvalue weighted by atomic mass is 9.97. The van der Waals surface area contributed by atoms with Gasteiger partial charge in [0.1, 0.15) is 22.4 Å². The summed E-state index contributed by atoms with van der Waals surface area (Å²) >= 11 is 6.25. The second kappa shape index (κ2) is 8.14. The number of hydrogen-bond acceptors (Lipinski definition) is 5. The summed E-state index contributed by atoms with van der Waals surface area (Å²) in [7, 11) is 6.56. The van der Waals surface area contributed by atoms with Gasteiger partial charge in [-0.2, -0.15) is 5.10 Å². The van der Waals surface area contributed by atoms with Crippen LogP contribution in [-0.4, -0.2) is 55.0 Å². The molecule has 150 valence electrons. The van der Waals surface area contributed by atoms with Gasteiger partial charge in [0.25, 0.3) is 5.91 Å². The highest BCUT2D eigenvalue weighted by Crippen LogP contribution is 2.41. The van der Waals surface area contributed by atoms with Crippen molar-refractivity contribution in [2.24, 2.45) is 7.05 Å². The van der Waals surface area contributed by atoms with Crippen LogP contribution in [0.2, 0.25) is 5.15 Å². The highest BCUT2D eigenvalue weighted by molar-refractivity contribution is 6.33. The van der Waals surface area contributed by atoms with E-state index in [1.165, 1.54) is 4.68 Å². The summed E-state index contributed by atoms with van der Waals surface area (Å²) in [5.74, 6) is 1.90. The van der Waals surface area contributed by atoms with Gasteiger partial charge >= 0.3 is 0 Å². The molecule has 2 heterocycles. The lowest BCUT2D eigenvalue weighted by Crippen LogP contribution is -2.35. The van der Waals surface area contributed by atoms with E-state index in [-0.39, 0.29) is 5.91 Å². The first-order valence-corrected chi connectivity index (χ1v) is 9.26. The molecule has 28 heavy (non-hydrogen) atoms. The van der Waals surface area contributed by atoms with E-state index in [1.54, 1.807) is 40.2 Å². The van der Waals surface area contributed by atoms with Crippen LogP contribution in [0.3, 0.4) is 0 Å². The third kappa shape index (κ3) is 3.54. The van der Waals surface area contributed by atoms with E-state index < -0.39 is 0 Å². The molecule has 0 bridgehead atoms. The number of methoxy groups -OCH3 is 3. The van der Waals surface area contributed by atoms with Gasteiger partial charge in [0.2, 0.25) is 0 Å². The van der Waals surface area contributed by atoms with E-state index in [0.717, 1.165) is 11.1 Å². The van der Waals surface area contributed by atoms with E-state index in [9.17, 15) is 4.79 Å². The lowest BCUT2D eigenvalue weighted by molar-refractivity contribution is 0.0772. The summed E-state index contributed by atoms with van der Waals surface area (Å²) in [5, 5.41) is 4.58. The molecular formula is C20H24ClN3O4. The van der Waals surface area contributed by atoms with Crippen molar-refractivity contribution in [3.8, 4) is 17.2 Å². The van der Waals surface area contributed by atoms with Gasteiger partial charge in [-0.05, 0) is 18.9 Å². The number of carbonyl (C=O) groups excluding carboxylic acids is 1. The standard InChI is InChI=1S/C20H24ClN3O4/c1-12-17(19(21)23(2)22-12)20(25)24-8-6-13(7-9-24)18-15(27-4)10-14(26-3)11-16(18)28-5/h6,10-11H,7-9H2,1-5H3. The minimum absolute atomic E-state index is 0.112. The summed E-state index contributed by atoms with van der Waals surface area (Å²) in [4.78, 5) is 14.7. The van der Waals surface area contributed by atoms with Gasteiger partial charge in [0.15, 0.2) is 0 Å². The molecule has 0 spiro atoms. The van der Waals surface area contributed by atoms with Crippen LogP contribution in [-0.2, 0) is 7.05 Å². The number of hydrogen-bond donors (Lipinski definition) is 0. The third-order valence-corrected chi connectivity index (χ3v) is 5.33. The maximum atomic E-state index is 12.9. The zero-order valence-corrected chi connectivity index (χ0v) is 17.5. The van der Waals surface area contributed by atoms with Crippen LogP contribution in [0.25, 0.3) is 5.57 Å². The average molecular weight is 406 g/mol. The molecular weight excluding hydrogens is 382 g/mol. The number of rotatable bonds is 5. The van der Waals surface area contributed by atoms with Gasteiger partial charge in [-0.1, -0.05) is 17.7 Å². The van der Waals surface area contributed by atoms with Crippen LogP contribution in [0.5, 0.6) is 17.2 Å². The quantitative estimate of drug-likeness (QED) is 0.763. The first-order chi connectivity index (χ1) is 13.4. The van der Waals surface area contributed by atoms with Crippen LogP contribution < -0.4 is 14.2 Å². The highest BCUT2D eigenvalue weighted by atomic mass is 35.5. The number of ether oxygens (including phenoxy) is 3. The average Bonchev–Trinajstić information content (AvgIpc) is 2.97. The van der Waals surface area contributed by atoms with Gasteiger partial charge < -0.3 is 19.1 Å². The van der Waals surface area contributed by atoms with Crippen molar-refractivity contribution in [2.45, 2.75) is 13.3 Å². The van der Waals surface area contributed by atoms with Gasteiger partial charge in [-0.15, -0.1) is 0 Å². The molecule has 0 fully saturated rings. The first kappa shape index (κ1) is 20.1. The normalized spacial score (nSPS) is 13.9. The molecule has 0 N–H and O–H groups in total. The summed E-state index contributed by atoms with van der Waals surface area (Å²) in [6, 6.07) is 3.66. The fourth-order valence-electron chi connectivity index (χ4n) is 3.43. The Hall–Kier alpha value is -2.67. The van der Waals surface area contributed by atoms with Gasteiger partial charge in [-0.25, -0.2) is 0 Å². The molecule has 1 amide bonds. The van der Waals surface area contributed by atoms with E-state index in [2.05, 4.69) is 5.10 Å². The smallest absolute Gasteiger partial charge is 0.259 e. The van der Waals surface area contributed by atoms with Crippen LogP contribution in [0, 0.1) is 6.92 Å². The Labute approximate surface area is 169 Å². The summed E-state index contributed by atoms with van der Waals surface area (Å²) in [5.41, 5.74) is 3.04. The van der Waals surface area contributed by atoms with Gasteiger partial charge in [-0.3, -0.25) is 9.48 Å². The monoisotopic (exact) mass is 405 g/mol. The summed E-state index contributed by atoms with van der Waals surface area (Å²) < 4.78 is 17.9. The van der Waals surface area contributed by atoms with Crippen LogP contribution in [0.4, 0.5) is 0 Å². The zero-order chi connectivity index (χ0) is 20.4. The van der Waals surface area contributed by atoms with Crippen molar-refractivity contribution in [1.29, 1.82) is 0 Å². The lowest BCUT2D eigenvalue weighted by Gasteiger charge is -2.28. The van der Waals surface area contributed by atoms with Crippen LogP contribution in [0.15, 0.2) is 18.2 Å². The molecule has 3 rings (SSSR count). The molecule has 0 atom stereocenters. The van der Waals surface area contributed by atoms with Gasteiger partial charge in [0, 0.05) is 32.3 Å². The Morgan fingerprint density at radius 2 is 1.79 bits per heavy atom. The number of benzene rings is 1. The molecule has 0 aliphatic carbocycles. The fourth-order valence-corrected chi connectivity index (χ4v) is 3.69. The molecule has 8 heteroatoms. The zero-order valence-electron chi connectivity index (χ0n) is 16.7. The predicted molar refractivity (Wildman–Crippen MR) is 108 cm³/mol. The fraction of sp³-hybridized carbons (Fsp3) is 0.400. The van der Waals surface area contributed by atoms with Crippen molar-refractivity contribution < 1.29 is 19.0 Å².